The number of hydrogen-bond acceptors (Lipinski definition) is 3. The molecule has 0 bridgehead atoms. The second-order valence-electron chi connectivity index (χ2n) is 4.75. The van der Waals surface area contributed by atoms with E-state index in [4.69, 9.17) is 0 Å². The Bertz CT molecular complexity index is 604. The first-order valence-corrected chi connectivity index (χ1v) is 6.91. The van der Waals surface area contributed by atoms with Crippen molar-refractivity contribution in [3.63, 3.8) is 0 Å². The number of hydrogen-bond donors (Lipinski definition) is 1. The van der Waals surface area contributed by atoms with Crippen LogP contribution in [0.2, 0.25) is 0 Å². The summed E-state index contributed by atoms with van der Waals surface area (Å²) in [6.45, 7) is 6.45. The van der Waals surface area contributed by atoms with E-state index in [2.05, 4.69) is 17.2 Å². The Morgan fingerprint density at radius 3 is 2.84 bits per heavy atom. The summed E-state index contributed by atoms with van der Waals surface area (Å²) in [5, 5.41) is 3.37. The normalized spacial score (nSPS) is 11.1. The highest BCUT2D eigenvalue weighted by Gasteiger charge is 2.06. The second kappa shape index (κ2) is 6.48. The van der Waals surface area contributed by atoms with Crippen molar-refractivity contribution in [2.24, 2.45) is 0 Å². The maximum atomic E-state index is 12.2. The van der Waals surface area contributed by atoms with Crippen LogP contribution in [0.4, 0.5) is 0 Å². The summed E-state index contributed by atoms with van der Waals surface area (Å²) >= 11 is 0. The van der Waals surface area contributed by atoms with Gasteiger partial charge in [-0.25, -0.2) is 4.98 Å². The molecule has 0 spiro atoms. The van der Waals surface area contributed by atoms with Gasteiger partial charge in [-0.15, -0.1) is 0 Å². The summed E-state index contributed by atoms with van der Waals surface area (Å²) in [6, 6.07) is 7.79. The first kappa shape index (κ1) is 13.7. The van der Waals surface area contributed by atoms with Crippen LogP contribution in [0, 0.1) is 6.92 Å². The first-order valence-electron chi connectivity index (χ1n) is 6.91. The Morgan fingerprint density at radius 1 is 1.26 bits per heavy atom. The molecule has 1 N–H and O–H groups in total. The summed E-state index contributed by atoms with van der Waals surface area (Å²) in [5.41, 5.74) is 2.37. The van der Waals surface area contributed by atoms with E-state index in [1.54, 1.807) is 6.92 Å². The average Bonchev–Trinajstić information content (AvgIpc) is 2.42. The van der Waals surface area contributed by atoms with Gasteiger partial charge in [0.15, 0.2) is 0 Å². The topological polar surface area (TPSA) is 46.9 Å². The molecule has 0 aliphatic carbocycles. The van der Waals surface area contributed by atoms with Gasteiger partial charge >= 0.3 is 0 Å². The Hall–Kier alpha value is -1.68. The minimum atomic E-state index is 0.0102. The number of rotatable bonds is 6. The zero-order valence-electron chi connectivity index (χ0n) is 11.6. The fourth-order valence-corrected chi connectivity index (χ4v) is 2.16. The molecule has 2 rings (SSSR count). The van der Waals surface area contributed by atoms with Gasteiger partial charge in [0.05, 0.1) is 11.0 Å². The lowest BCUT2D eigenvalue weighted by Gasteiger charge is -2.11. The molecule has 0 atom stereocenters. The van der Waals surface area contributed by atoms with E-state index in [0.717, 1.165) is 24.1 Å². The van der Waals surface area contributed by atoms with Crippen LogP contribution in [0.15, 0.2) is 29.1 Å². The van der Waals surface area contributed by atoms with E-state index in [-0.39, 0.29) is 5.56 Å². The molecule has 4 heteroatoms. The van der Waals surface area contributed by atoms with Gasteiger partial charge in [-0.2, -0.15) is 0 Å². The van der Waals surface area contributed by atoms with Crippen LogP contribution in [-0.2, 0) is 6.54 Å². The minimum absolute atomic E-state index is 0.0102. The molecule has 0 unspecified atom stereocenters. The number of unbranched alkanes of at least 4 members (excludes halogenated alkanes) is 1. The van der Waals surface area contributed by atoms with Gasteiger partial charge in [-0.3, -0.25) is 4.79 Å². The van der Waals surface area contributed by atoms with Crippen LogP contribution in [0.1, 0.15) is 25.5 Å². The zero-order chi connectivity index (χ0) is 13.7. The number of benzene rings is 1. The number of aromatic nitrogens is 2. The van der Waals surface area contributed by atoms with E-state index in [0.29, 0.717) is 12.2 Å². The molecule has 0 saturated carbocycles. The van der Waals surface area contributed by atoms with Crippen LogP contribution >= 0.6 is 0 Å². The monoisotopic (exact) mass is 259 g/mol. The number of aryl methyl sites for hydroxylation is 1. The predicted octanol–water partition coefficient (Wildman–Crippen LogP) is 2.09. The van der Waals surface area contributed by atoms with E-state index < -0.39 is 0 Å². The lowest BCUT2D eigenvalue weighted by Crippen LogP contribution is -2.29. The molecule has 2 aromatic rings. The predicted molar refractivity (Wildman–Crippen MR) is 78.5 cm³/mol. The fraction of sp³-hybridized carbons (Fsp3) is 0.467. The molecule has 1 heterocycles. The molecule has 0 aliphatic rings. The number of fused-ring (bicyclic) bond motifs is 1. The number of para-hydroxylation sites is 2. The van der Waals surface area contributed by atoms with Crippen LogP contribution in [-0.4, -0.2) is 22.6 Å². The molecular weight excluding hydrogens is 238 g/mol. The fourth-order valence-electron chi connectivity index (χ4n) is 2.16. The van der Waals surface area contributed by atoms with Crippen LogP contribution in [0.5, 0.6) is 0 Å². The highest BCUT2D eigenvalue weighted by atomic mass is 16.1. The lowest BCUT2D eigenvalue weighted by atomic mass is 10.2. The molecule has 0 aliphatic heterocycles. The molecule has 1 aromatic carbocycles. The van der Waals surface area contributed by atoms with Crippen LogP contribution < -0.4 is 10.9 Å². The van der Waals surface area contributed by atoms with E-state index in [1.165, 1.54) is 12.8 Å². The highest BCUT2D eigenvalue weighted by Crippen LogP contribution is 2.09. The molecular formula is C15H21N3O. The molecule has 0 fully saturated rings. The summed E-state index contributed by atoms with van der Waals surface area (Å²) < 4.78 is 1.82. The molecule has 1 aromatic heterocycles. The smallest absolute Gasteiger partial charge is 0.272 e. The summed E-state index contributed by atoms with van der Waals surface area (Å²) in [5.74, 6) is 0. The summed E-state index contributed by atoms with van der Waals surface area (Å²) in [7, 11) is 0. The van der Waals surface area contributed by atoms with Crippen LogP contribution in [0.25, 0.3) is 11.0 Å². The zero-order valence-corrected chi connectivity index (χ0v) is 11.6. The lowest BCUT2D eigenvalue weighted by molar-refractivity contribution is 0.577. The largest absolute Gasteiger partial charge is 0.315 e. The number of nitrogens with zero attached hydrogens (tertiary/aromatic N) is 2. The molecule has 0 radical (unpaired) electrons. The third kappa shape index (κ3) is 3.20. The van der Waals surface area contributed by atoms with Gasteiger partial charge in [0.25, 0.3) is 5.56 Å². The van der Waals surface area contributed by atoms with E-state index in [9.17, 15) is 4.79 Å². The van der Waals surface area contributed by atoms with Crippen molar-refractivity contribution < 1.29 is 0 Å². The van der Waals surface area contributed by atoms with E-state index >= 15 is 0 Å². The van der Waals surface area contributed by atoms with Gasteiger partial charge in [0, 0.05) is 13.1 Å². The quantitative estimate of drug-likeness (QED) is 0.808. The summed E-state index contributed by atoms with van der Waals surface area (Å²) in [4.78, 5) is 16.5. The van der Waals surface area contributed by atoms with Crippen molar-refractivity contribution in [1.29, 1.82) is 0 Å². The van der Waals surface area contributed by atoms with Crippen molar-refractivity contribution in [2.75, 3.05) is 13.1 Å². The third-order valence-electron chi connectivity index (χ3n) is 3.23. The SMILES string of the molecule is CCCCNCCn1c(=O)c(C)nc2ccccc21. The average molecular weight is 259 g/mol. The van der Waals surface area contributed by atoms with Crippen molar-refractivity contribution in [1.82, 2.24) is 14.9 Å². The van der Waals surface area contributed by atoms with Crippen molar-refractivity contribution in [3.8, 4) is 0 Å². The Balaban J connectivity index is 2.21. The van der Waals surface area contributed by atoms with Crippen molar-refractivity contribution in [3.05, 3.63) is 40.3 Å². The first-order chi connectivity index (χ1) is 9.24. The van der Waals surface area contributed by atoms with E-state index in [1.807, 2.05) is 28.8 Å². The summed E-state index contributed by atoms with van der Waals surface area (Å²) in [6.07, 6.45) is 2.36. The maximum absolute atomic E-state index is 12.2. The molecule has 102 valence electrons. The van der Waals surface area contributed by atoms with Crippen LogP contribution in [0.3, 0.4) is 0 Å². The van der Waals surface area contributed by atoms with Gasteiger partial charge in [-0.1, -0.05) is 25.5 Å². The Labute approximate surface area is 113 Å². The van der Waals surface area contributed by atoms with Crippen molar-refractivity contribution >= 4 is 11.0 Å². The van der Waals surface area contributed by atoms with Gasteiger partial charge in [0.2, 0.25) is 0 Å². The Kier molecular flexibility index (Phi) is 4.68. The highest BCUT2D eigenvalue weighted by molar-refractivity contribution is 5.74. The molecule has 19 heavy (non-hydrogen) atoms. The van der Waals surface area contributed by atoms with Gasteiger partial charge in [-0.05, 0) is 32.0 Å². The maximum Gasteiger partial charge on any atom is 0.272 e. The molecule has 4 nitrogen and oxygen atoms in total. The number of nitrogens with one attached hydrogen (secondary N) is 1. The minimum Gasteiger partial charge on any atom is -0.315 e. The molecule has 0 amide bonds. The Morgan fingerprint density at radius 2 is 2.05 bits per heavy atom. The third-order valence-corrected chi connectivity index (χ3v) is 3.23. The molecule has 0 saturated heterocycles. The van der Waals surface area contributed by atoms with Gasteiger partial charge in [0.1, 0.15) is 5.69 Å². The van der Waals surface area contributed by atoms with Crippen molar-refractivity contribution in [2.45, 2.75) is 33.2 Å². The second-order valence-corrected chi connectivity index (χ2v) is 4.75. The standard InChI is InChI=1S/C15H21N3O/c1-3-4-9-16-10-11-18-14-8-6-5-7-13(14)17-12(2)15(18)19/h5-8,16H,3-4,9-11H2,1-2H3. The van der Waals surface area contributed by atoms with Gasteiger partial charge < -0.3 is 9.88 Å².